The normalized spacial score (nSPS) is 11.2. The van der Waals surface area contributed by atoms with Gasteiger partial charge in [0, 0.05) is 19.2 Å². The zero-order chi connectivity index (χ0) is 14.3. The molecule has 0 saturated carbocycles. The Bertz CT molecular complexity index is 471. The zero-order valence-corrected chi connectivity index (χ0v) is 11.6. The lowest BCUT2D eigenvalue weighted by atomic mass is 10.1. The summed E-state index contributed by atoms with van der Waals surface area (Å²) >= 11 is 0. The Labute approximate surface area is 114 Å². The fraction of sp³-hybridized carbons (Fsp3) is 0.400. The van der Waals surface area contributed by atoms with E-state index in [1.165, 1.54) is 0 Å². The summed E-state index contributed by atoms with van der Waals surface area (Å²) < 4.78 is 0. The second-order valence-electron chi connectivity index (χ2n) is 4.27. The van der Waals surface area contributed by atoms with Crippen LogP contribution >= 0.6 is 0 Å². The maximum atomic E-state index is 11.7. The molecule has 0 aromatic heterocycles. The maximum absolute atomic E-state index is 11.7. The molecular weight excluding hydrogens is 240 g/mol. The lowest BCUT2D eigenvalue weighted by molar-refractivity contribution is 0.208. The second-order valence-corrected chi connectivity index (χ2v) is 4.27. The molecule has 4 heteroatoms. The van der Waals surface area contributed by atoms with Crippen LogP contribution in [0.1, 0.15) is 31.0 Å². The van der Waals surface area contributed by atoms with E-state index in [4.69, 9.17) is 5.11 Å². The first-order chi connectivity index (χ1) is 9.08. The number of nitrogens with one attached hydrogen (secondary N) is 1. The Morgan fingerprint density at radius 1 is 1.42 bits per heavy atom. The van der Waals surface area contributed by atoms with Crippen molar-refractivity contribution in [3.05, 3.63) is 35.4 Å². The predicted molar refractivity (Wildman–Crippen MR) is 75.7 cm³/mol. The topological polar surface area (TPSA) is 52.6 Å². The molecule has 19 heavy (non-hydrogen) atoms. The Morgan fingerprint density at radius 2 is 2.05 bits per heavy atom. The first-order valence-electron chi connectivity index (χ1n) is 6.29. The molecule has 0 radical (unpaired) electrons. The van der Waals surface area contributed by atoms with Gasteiger partial charge < -0.3 is 15.3 Å². The summed E-state index contributed by atoms with van der Waals surface area (Å²) in [5.74, 6) is 5.43. The van der Waals surface area contributed by atoms with Crippen molar-refractivity contribution in [1.29, 1.82) is 0 Å². The molecular formula is C15H20N2O2. The van der Waals surface area contributed by atoms with Gasteiger partial charge in [0.05, 0.1) is 6.04 Å². The summed E-state index contributed by atoms with van der Waals surface area (Å²) in [5.41, 5.74) is 1.87. The summed E-state index contributed by atoms with van der Waals surface area (Å²) in [6.45, 7) is 4.40. The number of rotatable bonds is 3. The third-order valence-corrected chi connectivity index (χ3v) is 2.88. The van der Waals surface area contributed by atoms with Crippen LogP contribution in [0.4, 0.5) is 4.79 Å². The van der Waals surface area contributed by atoms with Gasteiger partial charge in [-0.2, -0.15) is 0 Å². The van der Waals surface area contributed by atoms with Gasteiger partial charge in [0.1, 0.15) is 6.61 Å². The average Bonchev–Trinajstić information content (AvgIpc) is 2.44. The largest absolute Gasteiger partial charge is 0.384 e. The van der Waals surface area contributed by atoms with Crippen molar-refractivity contribution in [2.45, 2.75) is 19.9 Å². The van der Waals surface area contributed by atoms with Crippen molar-refractivity contribution < 1.29 is 9.90 Å². The highest BCUT2D eigenvalue weighted by atomic mass is 16.2. The van der Waals surface area contributed by atoms with Crippen LogP contribution in [-0.2, 0) is 0 Å². The van der Waals surface area contributed by atoms with Crippen molar-refractivity contribution >= 4 is 6.03 Å². The summed E-state index contributed by atoms with van der Waals surface area (Å²) in [5, 5.41) is 11.5. The quantitative estimate of drug-likeness (QED) is 0.814. The second kappa shape index (κ2) is 7.45. The minimum absolute atomic E-state index is 0.0543. The van der Waals surface area contributed by atoms with Gasteiger partial charge in [-0.3, -0.25) is 0 Å². The van der Waals surface area contributed by atoms with E-state index in [0.29, 0.717) is 6.54 Å². The van der Waals surface area contributed by atoms with Gasteiger partial charge in [0.25, 0.3) is 0 Å². The standard InChI is InChI=1S/C15H20N2O2/c1-4-17(3)15(19)16-12(2)14-9-7-13(8-10-14)6-5-11-18/h7-10,12,18H,4,11H2,1-3H3,(H,16,19). The number of nitrogens with zero attached hydrogens (tertiary/aromatic N) is 1. The Kier molecular flexibility index (Phi) is 5.91. The van der Waals surface area contributed by atoms with Gasteiger partial charge in [-0.15, -0.1) is 0 Å². The van der Waals surface area contributed by atoms with Gasteiger partial charge in [0.15, 0.2) is 0 Å². The van der Waals surface area contributed by atoms with Crippen LogP contribution < -0.4 is 5.32 Å². The van der Waals surface area contributed by atoms with Gasteiger partial charge in [-0.05, 0) is 31.5 Å². The SMILES string of the molecule is CCN(C)C(=O)NC(C)c1ccc(C#CCO)cc1. The van der Waals surface area contributed by atoms with Crippen LogP contribution in [0.2, 0.25) is 0 Å². The number of aliphatic hydroxyl groups is 1. The van der Waals surface area contributed by atoms with Crippen LogP contribution in [-0.4, -0.2) is 36.2 Å². The molecule has 0 heterocycles. The molecule has 0 fully saturated rings. The molecule has 0 aliphatic rings. The molecule has 0 aliphatic heterocycles. The van der Waals surface area contributed by atoms with E-state index in [1.54, 1.807) is 11.9 Å². The molecule has 2 amide bonds. The van der Waals surface area contributed by atoms with Gasteiger partial charge in [-0.25, -0.2) is 4.79 Å². The van der Waals surface area contributed by atoms with Crippen molar-refractivity contribution in [3.8, 4) is 11.8 Å². The number of carbonyl (C=O) groups excluding carboxylic acids is 1. The minimum Gasteiger partial charge on any atom is -0.384 e. The number of hydrogen-bond acceptors (Lipinski definition) is 2. The Hall–Kier alpha value is -1.99. The third-order valence-electron chi connectivity index (χ3n) is 2.88. The highest BCUT2D eigenvalue weighted by Gasteiger charge is 2.11. The number of benzene rings is 1. The number of hydrogen-bond donors (Lipinski definition) is 2. The molecule has 1 rings (SSSR count). The molecule has 1 aromatic carbocycles. The van der Waals surface area contributed by atoms with Crippen molar-refractivity contribution in [2.75, 3.05) is 20.2 Å². The first-order valence-corrected chi connectivity index (χ1v) is 6.29. The fourth-order valence-corrected chi connectivity index (χ4v) is 1.52. The highest BCUT2D eigenvalue weighted by Crippen LogP contribution is 2.13. The van der Waals surface area contributed by atoms with E-state index in [9.17, 15) is 4.79 Å². The van der Waals surface area contributed by atoms with E-state index < -0.39 is 0 Å². The van der Waals surface area contributed by atoms with Crippen LogP contribution in [0.5, 0.6) is 0 Å². The number of urea groups is 1. The van der Waals surface area contributed by atoms with Gasteiger partial charge in [0.2, 0.25) is 0 Å². The van der Waals surface area contributed by atoms with Crippen molar-refractivity contribution in [3.63, 3.8) is 0 Å². The summed E-state index contributed by atoms with van der Waals surface area (Å²) in [6.07, 6.45) is 0. The summed E-state index contributed by atoms with van der Waals surface area (Å²) in [4.78, 5) is 13.4. The number of amides is 2. The smallest absolute Gasteiger partial charge is 0.317 e. The minimum atomic E-state index is -0.141. The van der Waals surface area contributed by atoms with E-state index in [-0.39, 0.29) is 18.7 Å². The van der Waals surface area contributed by atoms with E-state index in [2.05, 4.69) is 17.2 Å². The molecule has 0 aliphatic carbocycles. The van der Waals surface area contributed by atoms with Crippen LogP contribution in [0.15, 0.2) is 24.3 Å². The molecule has 0 bridgehead atoms. The van der Waals surface area contributed by atoms with E-state index >= 15 is 0 Å². The zero-order valence-electron chi connectivity index (χ0n) is 11.6. The molecule has 102 valence electrons. The lowest BCUT2D eigenvalue weighted by Gasteiger charge is -2.20. The van der Waals surface area contributed by atoms with Gasteiger partial charge in [-0.1, -0.05) is 24.0 Å². The van der Waals surface area contributed by atoms with Crippen LogP contribution in [0, 0.1) is 11.8 Å². The van der Waals surface area contributed by atoms with Crippen LogP contribution in [0.25, 0.3) is 0 Å². The van der Waals surface area contributed by atoms with Gasteiger partial charge >= 0.3 is 6.03 Å². The number of carbonyl (C=O) groups is 1. The first kappa shape index (κ1) is 15.1. The predicted octanol–water partition coefficient (Wildman–Crippen LogP) is 1.75. The highest BCUT2D eigenvalue weighted by molar-refractivity contribution is 5.74. The van der Waals surface area contributed by atoms with E-state index in [0.717, 1.165) is 11.1 Å². The van der Waals surface area contributed by atoms with Crippen molar-refractivity contribution in [2.24, 2.45) is 0 Å². The molecule has 1 unspecified atom stereocenters. The molecule has 1 atom stereocenters. The van der Waals surface area contributed by atoms with E-state index in [1.807, 2.05) is 38.1 Å². The summed E-state index contributed by atoms with van der Waals surface area (Å²) in [6, 6.07) is 7.48. The van der Waals surface area contributed by atoms with Crippen molar-refractivity contribution in [1.82, 2.24) is 10.2 Å². The Balaban J connectivity index is 2.67. The molecule has 2 N–H and O–H groups in total. The average molecular weight is 260 g/mol. The third kappa shape index (κ3) is 4.65. The summed E-state index contributed by atoms with van der Waals surface area (Å²) in [7, 11) is 1.76. The lowest BCUT2D eigenvalue weighted by Crippen LogP contribution is -2.38. The molecule has 0 saturated heterocycles. The molecule has 4 nitrogen and oxygen atoms in total. The number of aliphatic hydroxyl groups excluding tert-OH is 1. The van der Waals surface area contributed by atoms with Crippen LogP contribution in [0.3, 0.4) is 0 Å². The molecule has 0 spiro atoms. The fourth-order valence-electron chi connectivity index (χ4n) is 1.52. The molecule has 1 aromatic rings. The maximum Gasteiger partial charge on any atom is 0.317 e. The monoisotopic (exact) mass is 260 g/mol. The Morgan fingerprint density at radius 3 is 2.58 bits per heavy atom.